The van der Waals surface area contributed by atoms with Gasteiger partial charge in [-0.1, -0.05) is 23.5 Å². The third-order valence-corrected chi connectivity index (χ3v) is 4.51. The average molecular weight is 337 g/mol. The van der Waals surface area contributed by atoms with Crippen molar-refractivity contribution in [2.24, 2.45) is 0 Å². The van der Waals surface area contributed by atoms with Crippen LogP contribution in [0.1, 0.15) is 17.3 Å². The molecule has 23 heavy (non-hydrogen) atoms. The molecule has 2 rings (SSSR count). The highest BCUT2D eigenvalue weighted by molar-refractivity contribution is 7.07. The Morgan fingerprint density at radius 3 is 2.74 bits per heavy atom. The van der Waals surface area contributed by atoms with E-state index in [0.29, 0.717) is 6.54 Å². The van der Waals surface area contributed by atoms with Crippen molar-refractivity contribution in [1.29, 1.82) is 0 Å². The van der Waals surface area contributed by atoms with Gasteiger partial charge >= 0.3 is 4.87 Å². The van der Waals surface area contributed by atoms with E-state index in [9.17, 15) is 14.0 Å². The van der Waals surface area contributed by atoms with Crippen LogP contribution in [0.2, 0.25) is 0 Å². The number of aromatic nitrogens is 1. The summed E-state index contributed by atoms with van der Waals surface area (Å²) < 4.78 is 14.8. The summed E-state index contributed by atoms with van der Waals surface area (Å²) >= 11 is 1.08. The molecule has 0 spiro atoms. The summed E-state index contributed by atoms with van der Waals surface area (Å²) in [7, 11) is 3.74. The molecule has 1 heterocycles. The number of benzene rings is 1. The number of halogens is 1. The molecule has 124 valence electrons. The van der Waals surface area contributed by atoms with E-state index in [-0.39, 0.29) is 29.2 Å². The van der Waals surface area contributed by atoms with Crippen LogP contribution in [0.15, 0.2) is 34.4 Å². The lowest BCUT2D eigenvalue weighted by atomic mass is 10.1. The molecule has 2 aromatic rings. The molecule has 0 bridgehead atoms. The van der Waals surface area contributed by atoms with Gasteiger partial charge in [0.15, 0.2) is 0 Å². The van der Waals surface area contributed by atoms with Gasteiger partial charge in [-0.25, -0.2) is 4.39 Å². The summed E-state index contributed by atoms with van der Waals surface area (Å²) in [5.74, 6) is -0.544. The SMILES string of the molecule is Cc1csc(=O)n1CC(=O)NC[C@@H](c1cccc(F)c1)N(C)C. The van der Waals surface area contributed by atoms with Gasteiger partial charge in [0.2, 0.25) is 5.91 Å². The third-order valence-electron chi connectivity index (χ3n) is 3.63. The minimum Gasteiger partial charge on any atom is -0.353 e. The van der Waals surface area contributed by atoms with Crippen LogP contribution in [0.4, 0.5) is 4.39 Å². The highest BCUT2D eigenvalue weighted by Gasteiger charge is 2.16. The smallest absolute Gasteiger partial charge is 0.307 e. The predicted molar refractivity (Wildman–Crippen MR) is 89.2 cm³/mol. The van der Waals surface area contributed by atoms with Gasteiger partial charge in [-0.3, -0.25) is 14.2 Å². The maximum absolute atomic E-state index is 13.4. The molecule has 0 fully saturated rings. The van der Waals surface area contributed by atoms with Crippen molar-refractivity contribution >= 4 is 17.2 Å². The van der Waals surface area contributed by atoms with E-state index in [1.165, 1.54) is 16.7 Å². The zero-order valence-corrected chi connectivity index (χ0v) is 14.2. The molecule has 1 aromatic carbocycles. The second-order valence-electron chi connectivity index (χ2n) is 5.57. The Morgan fingerprint density at radius 2 is 2.17 bits per heavy atom. The highest BCUT2D eigenvalue weighted by atomic mass is 32.1. The fourth-order valence-electron chi connectivity index (χ4n) is 2.32. The molecule has 7 heteroatoms. The first-order chi connectivity index (χ1) is 10.9. The summed E-state index contributed by atoms with van der Waals surface area (Å²) in [5.41, 5.74) is 1.56. The van der Waals surface area contributed by atoms with E-state index < -0.39 is 0 Å². The van der Waals surface area contributed by atoms with E-state index >= 15 is 0 Å². The van der Waals surface area contributed by atoms with Crippen LogP contribution < -0.4 is 10.2 Å². The van der Waals surface area contributed by atoms with Crippen LogP contribution in [-0.2, 0) is 11.3 Å². The van der Waals surface area contributed by atoms with Crippen molar-refractivity contribution in [2.75, 3.05) is 20.6 Å². The monoisotopic (exact) mass is 337 g/mol. The van der Waals surface area contributed by atoms with Crippen molar-refractivity contribution in [1.82, 2.24) is 14.8 Å². The van der Waals surface area contributed by atoms with Crippen molar-refractivity contribution < 1.29 is 9.18 Å². The number of nitrogens with one attached hydrogen (secondary N) is 1. The highest BCUT2D eigenvalue weighted by Crippen LogP contribution is 2.18. The van der Waals surface area contributed by atoms with Crippen LogP contribution in [0.25, 0.3) is 0 Å². The van der Waals surface area contributed by atoms with Crippen LogP contribution in [0.3, 0.4) is 0 Å². The van der Waals surface area contributed by atoms with Crippen LogP contribution >= 0.6 is 11.3 Å². The Hall–Kier alpha value is -1.99. The standard InChI is InChI=1S/C16H20FN3O2S/c1-11-10-23-16(22)20(11)9-15(21)18-8-14(19(2)3)12-5-4-6-13(17)7-12/h4-7,10,14H,8-9H2,1-3H3,(H,18,21)/t14-/m0/s1. The molecular weight excluding hydrogens is 317 g/mol. The number of likely N-dealkylation sites (N-methyl/N-ethyl adjacent to an activating group) is 1. The zero-order valence-electron chi connectivity index (χ0n) is 13.4. The second-order valence-corrected chi connectivity index (χ2v) is 6.39. The van der Waals surface area contributed by atoms with Gasteiger partial charge in [0.25, 0.3) is 0 Å². The third kappa shape index (κ3) is 4.49. The van der Waals surface area contributed by atoms with Crippen LogP contribution in [-0.4, -0.2) is 36.0 Å². The molecule has 0 saturated heterocycles. The van der Waals surface area contributed by atoms with E-state index in [4.69, 9.17) is 0 Å². The molecule has 1 aromatic heterocycles. The number of hydrogen-bond donors (Lipinski definition) is 1. The Morgan fingerprint density at radius 1 is 1.43 bits per heavy atom. The minimum absolute atomic E-state index is 0.00251. The Balaban J connectivity index is 2.02. The van der Waals surface area contributed by atoms with Gasteiger partial charge in [0.05, 0.1) is 6.04 Å². The lowest BCUT2D eigenvalue weighted by Gasteiger charge is -2.25. The predicted octanol–water partition coefficient (Wildman–Crippen LogP) is 1.78. The number of carbonyl (C=O) groups excluding carboxylic acids is 1. The van der Waals surface area contributed by atoms with Gasteiger partial charge in [0.1, 0.15) is 12.4 Å². The normalized spacial score (nSPS) is 12.4. The van der Waals surface area contributed by atoms with E-state index in [1.54, 1.807) is 18.4 Å². The number of thiazole rings is 1. The van der Waals surface area contributed by atoms with E-state index in [1.807, 2.05) is 25.1 Å². The number of rotatable bonds is 6. The quantitative estimate of drug-likeness (QED) is 0.874. The van der Waals surface area contributed by atoms with Gasteiger partial charge < -0.3 is 10.2 Å². The van der Waals surface area contributed by atoms with Gasteiger partial charge in [0, 0.05) is 17.6 Å². The van der Waals surface area contributed by atoms with Crippen molar-refractivity contribution in [2.45, 2.75) is 19.5 Å². The van der Waals surface area contributed by atoms with Crippen molar-refractivity contribution in [3.8, 4) is 0 Å². The zero-order chi connectivity index (χ0) is 17.0. The molecule has 0 radical (unpaired) electrons. The molecule has 0 aliphatic carbocycles. The molecular formula is C16H20FN3O2S. The van der Waals surface area contributed by atoms with Crippen molar-refractivity contribution in [3.63, 3.8) is 0 Å². The first-order valence-corrected chi connectivity index (χ1v) is 8.10. The summed E-state index contributed by atoms with van der Waals surface area (Å²) in [6.07, 6.45) is 0. The van der Waals surface area contributed by atoms with Gasteiger partial charge in [-0.05, 0) is 38.7 Å². The fourth-order valence-corrected chi connectivity index (χ4v) is 3.05. The minimum atomic E-state index is -0.305. The average Bonchev–Trinajstić information content (AvgIpc) is 2.79. The summed E-state index contributed by atoms with van der Waals surface area (Å²) in [6, 6.07) is 6.19. The molecule has 1 N–H and O–H groups in total. The fraction of sp³-hybridized carbons (Fsp3) is 0.375. The van der Waals surface area contributed by atoms with E-state index in [2.05, 4.69) is 5.32 Å². The maximum Gasteiger partial charge on any atom is 0.307 e. The van der Waals surface area contributed by atoms with Crippen molar-refractivity contribution in [3.05, 3.63) is 56.4 Å². The Bertz CT molecular complexity index is 739. The van der Waals surface area contributed by atoms with Gasteiger partial charge in [-0.15, -0.1) is 0 Å². The molecule has 0 aliphatic rings. The first-order valence-electron chi connectivity index (χ1n) is 7.22. The molecule has 5 nitrogen and oxygen atoms in total. The largest absolute Gasteiger partial charge is 0.353 e. The lowest BCUT2D eigenvalue weighted by molar-refractivity contribution is -0.121. The Labute approximate surface area is 138 Å². The molecule has 0 unspecified atom stereocenters. The molecule has 1 amide bonds. The molecule has 0 saturated carbocycles. The number of nitrogens with zero attached hydrogens (tertiary/aromatic N) is 2. The van der Waals surface area contributed by atoms with Crippen LogP contribution in [0, 0.1) is 12.7 Å². The summed E-state index contributed by atoms with van der Waals surface area (Å²) in [5, 5.41) is 4.54. The maximum atomic E-state index is 13.4. The van der Waals surface area contributed by atoms with E-state index in [0.717, 1.165) is 22.6 Å². The number of aryl methyl sites for hydroxylation is 1. The Kier molecular flexibility index (Phi) is 5.68. The molecule has 0 aliphatic heterocycles. The summed E-state index contributed by atoms with van der Waals surface area (Å²) in [6.45, 7) is 2.13. The van der Waals surface area contributed by atoms with Gasteiger partial charge in [-0.2, -0.15) is 0 Å². The number of amides is 1. The number of hydrogen-bond acceptors (Lipinski definition) is 4. The lowest BCUT2D eigenvalue weighted by Crippen LogP contribution is -2.37. The first kappa shape index (κ1) is 17.4. The second kappa shape index (κ2) is 7.52. The topological polar surface area (TPSA) is 54.3 Å². The van der Waals surface area contributed by atoms with Crippen LogP contribution in [0.5, 0.6) is 0 Å². The number of carbonyl (C=O) groups is 1. The summed E-state index contributed by atoms with van der Waals surface area (Å²) in [4.78, 5) is 25.5. The molecule has 1 atom stereocenters.